The molecule has 0 radical (unpaired) electrons. The van der Waals surface area contributed by atoms with Crippen LogP contribution in [0.25, 0.3) is 0 Å². The number of carbonyl (C=O) groups is 1. The Bertz CT molecular complexity index is 878. The summed E-state index contributed by atoms with van der Waals surface area (Å²) in [4.78, 5) is 12.6. The molecule has 2 atom stereocenters. The molecule has 2 rings (SSSR count). The Morgan fingerprint density at radius 1 is 1.00 bits per heavy atom. The van der Waals surface area contributed by atoms with E-state index in [2.05, 4.69) is 0 Å². The summed E-state index contributed by atoms with van der Waals surface area (Å²) < 4.78 is 98.5. The van der Waals surface area contributed by atoms with Crippen molar-refractivity contribution in [2.45, 2.75) is 47.4 Å². The fraction of sp³-hybridized carbons (Fsp3) is 0.526. The van der Waals surface area contributed by atoms with Gasteiger partial charge in [0.05, 0.1) is 11.0 Å². The minimum atomic E-state index is -4.82. The van der Waals surface area contributed by atoms with Crippen molar-refractivity contribution in [2.24, 2.45) is 16.2 Å². The van der Waals surface area contributed by atoms with Crippen LogP contribution >= 0.6 is 11.6 Å². The standard InChI is InChI=1S/C19H18ClF7O2/c1-8-11(21)13(23)9(14(24)12(8)22)7-29-15(28)18(5)16(2,3)17(18,4)6-10(20)19(25,26)27/h6H,7H2,1-5H3/t17-,18+/m1/s1. The zero-order valence-electron chi connectivity index (χ0n) is 16.1. The molecule has 1 aromatic rings. The molecule has 1 aromatic carbocycles. The maximum absolute atomic E-state index is 13.9. The number of halogens is 8. The molecule has 10 heteroatoms. The Kier molecular flexibility index (Phi) is 5.58. The van der Waals surface area contributed by atoms with Gasteiger partial charge in [0.1, 0.15) is 11.6 Å². The van der Waals surface area contributed by atoms with Crippen LogP contribution in [-0.2, 0) is 16.1 Å². The van der Waals surface area contributed by atoms with Crippen LogP contribution in [0.5, 0.6) is 0 Å². The molecule has 0 amide bonds. The summed E-state index contributed by atoms with van der Waals surface area (Å²) >= 11 is 5.31. The lowest BCUT2D eigenvalue weighted by molar-refractivity contribution is -0.153. The van der Waals surface area contributed by atoms with Crippen molar-refractivity contribution in [3.05, 3.63) is 45.5 Å². The third kappa shape index (κ3) is 3.21. The summed E-state index contributed by atoms with van der Waals surface area (Å²) in [6.07, 6.45) is -4.13. The lowest BCUT2D eigenvalue weighted by atomic mass is 9.95. The number of benzene rings is 1. The van der Waals surface area contributed by atoms with E-state index in [0.717, 1.165) is 6.92 Å². The molecule has 1 aliphatic carbocycles. The molecule has 29 heavy (non-hydrogen) atoms. The fourth-order valence-corrected chi connectivity index (χ4v) is 3.92. The summed E-state index contributed by atoms with van der Waals surface area (Å²) in [5.41, 5.74) is -6.01. The van der Waals surface area contributed by atoms with E-state index in [0.29, 0.717) is 6.08 Å². The molecule has 1 fully saturated rings. The largest absolute Gasteiger partial charge is 0.460 e. The van der Waals surface area contributed by atoms with Gasteiger partial charge in [0.25, 0.3) is 0 Å². The topological polar surface area (TPSA) is 26.3 Å². The molecular formula is C19H18ClF7O2. The number of ether oxygens (including phenoxy) is 1. The van der Waals surface area contributed by atoms with Crippen LogP contribution in [0.4, 0.5) is 30.7 Å². The van der Waals surface area contributed by atoms with Gasteiger partial charge in [0, 0.05) is 11.0 Å². The first-order chi connectivity index (χ1) is 12.9. The lowest BCUT2D eigenvalue weighted by Crippen LogP contribution is -2.24. The third-order valence-electron chi connectivity index (χ3n) is 6.54. The highest BCUT2D eigenvalue weighted by atomic mass is 35.5. The van der Waals surface area contributed by atoms with Crippen molar-refractivity contribution >= 4 is 17.6 Å². The highest BCUT2D eigenvalue weighted by molar-refractivity contribution is 6.30. The van der Waals surface area contributed by atoms with Crippen molar-refractivity contribution in [1.82, 2.24) is 0 Å². The molecule has 0 spiro atoms. The average Bonchev–Trinajstić information content (AvgIpc) is 2.96. The van der Waals surface area contributed by atoms with E-state index in [9.17, 15) is 35.5 Å². The minimum Gasteiger partial charge on any atom is -0.460 e. The van der Waals surface area contributed by atoms with Gasteiger partial charge in [-0.1, -0.05) is 38.4 Å². The van der Waals surface area contributed by atoms with Gasteiger partial charge in [0.2, 0.25) is 0 Å². The summed E-state index contributed by atoms with van der Waals surface area (Å²) in [5.74, 6) is -7.77. The number of rotatable bonds is 4. The molecule has 0 unspecified atom stereocenters. The minimum absolute atomic E-state index is 0.697. The molecule has 2 nitrogen and oxygen atoms in total. The number of allylic oxidation sites excluding steroid dienone is 2. The summed E-state index contributed by atoms with van der Waals surface area (Å²) in [6, 6.07) is 0. The maximum Gasteiger partial charge on any atom is 0.426 e. The smallest absolute Gasteiger partial charge is 0.426 e. The Morgan fingerprint density at radius 2 is 1.45 bits per heavy atom. The van der Waals surface area contributed by atoms with E-state index >= 15 is 0 Å². The van der Waals surface area contributed by atoms with Gasteiger partial charge in [-0.15, -0.1) is 0 Å². The highest BCUT2D eigenvalue weighted by Crippen LogP contribution is 2.79. The van der Waals surface area contributed by atoms with Crippen LogP contribution in [0.1, 0.15) is 38.8 Å². The summed E-state index contributed by atoms with van der Waals surface area (Å²) in [7, 11) is 0. The Hall–Kier alpha value is -1.77. The highest BCUT2D eigenvalue weighted by Gasteiger charge is 2.81. The third-order valence-corrected chi connectivity index (χ3v) is 6.86. The predicted molar refractivity (Wildman–Crippen MR) is 90.8 cm³/mol. The number of esters is 1. The summed E-state index contributed by atoms with van der Waals surface area (Å²) in [5, 5.41) is -1.43. The second-order valence-electron chi connectivity index (χ2n) is 7.88. The summed E-state index contributed by atoms with van der Waals surface area (Å²) in [6.45, 7) is 5.37. The van der Waals surface area contributed by atoms with Crippen LogP contribution in [0.2, 0.25) is 0 Å². The molecule has 0 heterocycles. The Morgan fingerprint density at radius 3 is 1.86 bits per heavy atom. The first-order valence-electron chi connectivity index (χ1n) is 8.39. The lowest BCUT2D eigenvalue weighted by Gasteiger charge is -2.17. The first-order valence-corrected chi connectivity index (χ1v) is 8.77. The van der Waals surface area contributed by atoms with Gasteiger partial charge in [-0.05, 0) is 19.3 Å². The molecule has 1 aliphatic rings. The van der Waals surface area contributed by atoms with Crippen LogP contribution in [-0.4, -0.2) is 12.1 Å². The van der Waals surface area contributed by atoms with Crippen LogP contribution in [0.15, 0.2) is 11.1 Å². The van der Waals surface area contributed by atoms with Crippen molar-refractivity contribution in [3.8, 4) is 0 Å². The van der Waals surface area contributed by atoms with Crippen LogP contribution in [0.3, 0.4) is 0 Å². The van der Waals surface area contributed by atoms with E-state index in [4.69, 9.17) is 16.3 Å². The zero-order chi connectivity index (χ0) is 22.7. The second kappa shape index (κ2) is 6.89. The van der Waals surface area contributed by atoms with E-state index < -0.39 is 74.4 Å². The van der Waals surface area contributed by atoms with Gasteiger partial charge in [-0.25, -0.2) is 17.6 Å². The molecule has 0 saturated heterocycles. The monoisotopic (exact) mass is 446 g/mol. The normalized spacial score (nSPS) is 26.4. The van der Waals surface area contributed by atoms with Gasteiger partial charge in [-0.3, -0.25) is 4.79 Å². The Labute approximate surface area is 167 Å². The maximum atomic E-state index is 13.9. The molecule has 0 N–H and O–H groups in total. The quantitative estimate of drug-likeness (QED) is 0.307. The predicted octanol–water partition coefficient (Wildman–Crippen LogP) is 6.33. The van der Waals surface area contributed by atoms with E-state index in [-0.39, 0.29) is 0 Å². The van der Waals surface area contributed by atoms with Crippen LogP contribution < -0.4 is 0 Å². The van der Waals surface area contributed by atoms with Gasteiger partial charge >= 0.3 is 12.1 Å². The van der Waals surface area contributed by atoms with Crippen molar-refractivity contribution in [2.75, 3.05) is 0 Å². The van der Waals surface area contributed by atoms with Crippen molar-refractivity contribution in [1.29, 1.82) is 0 Å². The number of alkyl halides is 3. The number of hydrogen-bond donors (Lipinski definition) is 0. The van der Waals surface area contributed by atoms with E-state index in [1.54, 1.807) is 0 Å². The SMILES string of the molecule is Cc1c(F)c(F)c(COC(=O)[C@@]2(C)C(C)(C)[C@@]2(C)C=C(Cl)C(F)(F)F)c(F)c1F. The molecule has 1 saturated carbocycles. The van der Waals surface area contributed by atoms with Gasteiger partial charge in [0.15, 0.2) is 23.3 Å². The number of carbonyl (C=O) groups excluding carboxylic acids is 1. The molecular weight excluding hydrogens is 429 g/mol. The molecule has 0 bridgehead atoms. The van der Waals surface area contributed by atoms with Crippen molar-refractivity contribution in [3.63, 3.8) is 0 Å². The van der Waals surface area contributed by atoms with Gasteiger partial charge in [-0.2, -0.15) is 13.2 Å². The molecule has 0 aliphatic heterocycles. The van der Waals surface area contributed by atoms with E-state index in [1.165, 1.54) is 27.7 Å². The van der Waals surface area contributed by atoms with E-state index in [1.807, 2.05) is 0 Å². The zero-order valence-corrected chi connectivity index (χ0v) is 16.9. The second-order valence-corrected chi connectivity index (χ2v) is 8.29. The van der Waals surface area contributed by atoms with Gasteiger partial charge < -0.3 is 4.74 Å². The average molecular weight is 447 g/mol. The molecule has 162 valence electrons. The number of hydrogen-bond acceptors (Lipinski definition) is 2. The molecule has 0 aromatic heterocycles. The first kappa shape index (κ1) is 23.5. The fourth-order valence-electron chi connectivity index (χ4n) is 3.71. The van der Waals surface area contributed by atoms with Crippen molar-refractivity contribution < 1.29 is 40.3 Å². The van der Waals surface area contributed by atoms with Crippen LogP contribution in [0, 0.1) is 46.4 Å². The Balaban J connectivity index is 2.33.